The normalized spacial score (nSPS) is 15.8. The maximum Gasteiger partial charge on any atom is 0.244 e. The van der Waals surface area contributed by atoms with E-state index in [1.54, 1.807) is 6.07 Å². The lowest BCUT2D eigenvalue weighted by Crippen LogP contribution is -2.27. The Morgan fingerprint density at radius 1 is 1.04 bits per heavy atom. The van der Waals surface area contributed by atoms with Crippen LogP contribution in [-0.4, -0.2) is 50.7 Å². The van der Waals surface area contributed by atoms with Gasteiger partial charge in [-0.15, -0.1) is 11.8 Å². The zero-order chi connectivity index (χ0) is 20.4. The van der Waals surface area contributed by atoms with E-state index in [2.05, 4.69) is 4.98 Å². The molecule has 0 spiro atoms. The van der Waals surface area contributed by atoms with Crippen molar-refractivity contribution in [1.82, 2.24) is 9.29 Å². The minimum absolute atomic E-state index is 0.00211. The van der Waals surface area contributed by atoms with Crippen LogP contribution in [0.25, 0.3) is 0 Å². The van der Waals surface area contributed by atoms with Crippen LogP contribution >= 0.6 is 35.0 Å². The fourth-order valence-corrected chi connectivity index (χ4v) is 7.54. The molecule has 0 N–H and O–H groups in total. The first kappa shape index (κ1) is 21.9. The number of nitrogens with zero attached hydrogens (tertiary/aromatic N) is 2. The van der Waals surface area contributed by atoms with Crippen molar-refractivity contribution in [3.63, 3.8) is 0 Å². The van der Waals surface area contributed by atoms with Gasteiger partial charge in [-0.2, -0.15) is 4.31 Å². The first-order valence-electron chi connectivity index (χ1n) is 8.47. The smallest absolute Gasteiger partial charge is 0.244 e. The summed E-state index contributed by atoms with van der Waals surface area (Å²) >= 11 is 13.1. The molecule has 1 aromatic carbocycles. The van der Waals surface area contributed by atoms with Crippen LogP contribution in [0.3, 0.4) is 0 Å². The molecule has 0 unspecified atom stereocenters. The van der Waals surface area contributed by atoms with E-state index >= 15 is 0 Å². The van der Waals surface area contributed by atoms with Crippen LogP contribution in [-0.2, 0) is 19.9 Å². The Morgan fingerprint density at radius 3 is 2.39 bits per heavy atom. The number of halogens is 2. The van der Waals surface area contributed by atoms with E-state index in [4.69, 9.17) is 23.2 Å². The number of sulfonamides is 1. The van der Waals surface area contributed by atoms with E-state index in [1.165, 1.54) is 46.5 Å². The topological polar surface area (TPSA) is 84.4 Å². The van der Waals surface area contributed by atoms with Gasteiger partial charge in [0.1, 0.15) is 4.90 Å². The van der Waals surface area contributed by atoms with Crippen LogP contribution in [0.15, 0.2) is 51.3 Å². The molecule has 6 nitrogen and oxygen atoms in total. The zero-order valence-electron chi connectivity index (χ0n) is 14.7. The number of rotatable bonds is 7. The van der Waals surface area contributed by atoms with Crippen LogP contribution in [0.1, 0.15) is 12.8 Å². The molecule has 0 amide bonds. The van der Waals surface area contributed by atoms with E-state index in [9.17, 15) is 16.8 Å². The van der Waals surface area contributed by atoms with Gasteiger partial charge in [-0.3, -0.25) is 0 Å². The van der Waals surface area contributed by atoms with Crippen molar-refractivity contribution in [3.8, 4) is 0 Å². The minimum atomic E-state index is -3.59. The summed E-state index contributed by atoms with van der Waals surface area (Å²) in [6.07, 6.45) is 3.05. The molecule has 0 bridgehead atoms. The van der Waals surface area contributed by atoms with E-state index < -0.39 is 19.9 Å². The number of hydrogen-bond donors (Lipinski definition) is 0. The Morgan fingerprint density at radius 2 is 1.75 bits per heavy atom. The second-order valence-electron chi connectivity index (χ2n) is 6.19. The Bertz CT molecular complexity index is 1050. The van der Waals surface area contributed by atoms with Gasteiger partial charge in [-0.25, -0.2) is 21.8 Å². The van der Waals surface area contributed by atoms with Gasteiger partial charge in [0.25, 0.3) is 0 Å². The summed E-state index contributed by atoms with van der Waals surface area (Å²) in [6, 6.07) is 7.41. The van der Waals surface area contributed by atoms with Gasteiger partial charge >= 0.3 is 0 Å². The quantitative estimate of drug-likeness (QED) is 0.561. The average molecular weight is 481 g/mol. The molecular weight excluding hydrogens is 463 g/mol. The highest BCUT2D eigenvalue weighted by molar-refractivity contribution is 8.00. The van der Waals surface area contributed by atoms with Crippen molar-refractivity contribution in [2.75, 3.05) is 24.6 Å². The molecule has 152 valence electrons. The number of aromatic nitrogens is 1. The monoisotopic (exact) mass is 480 g/mol. The fourth-order valence-electron chi connectivity index (χ4n) is 2.76. The van der Waals surface area contributed by atoms with E-state index in [0.29, 0.717) is 23.1 Å². The molecule has 2 heterocycles. The summed E-state index contributed by atoms with van der Waals surface area (Å²) in [5.41, 5.74) is 0. The van der Waals surface area contributed by atoms with Crippen molar-refractivity contribution in [2.24, 2.45) is 0 Å². The molecule has 1 aromatic heterocycles. The van der Waals surface area contributed by atoms with Crippen molar-refractivity contribution >= 4 is 54.8 Å². The van der Waals surface area contributed by atoms with Crippen molar-refractivity contribution in [3.05, 3.63) is 46.6 Å². The molecule has 1 saturated heterocycles. The molecule has 1 aliphatic rings. The van der Waals surface area contributed by atoms with Crippen LogP contribution in [0.4, 0.5) is 0 Å². The molecule has 28 heavy (non-hydrogen) atoms. The Labute approximate surface area is 179 Å². The van der Waals surface area contributed by atoms with Gasteiger partial charge in [-0.1, -0.05) is 23.2 Å². The highest BCUT2D eigenvalue weighted by Gasteiger charge is 2.27. The predicted molar refractivity (Wildman–Crippen MR) is 111 cm³/mol. The number of pyridine rings is 1. The zero-order valence-corrected chi connectivity index (χ0v) is 18.7. The number of benzene rings is 1. The second kappa shape index (κ2) is 8.89. The summed E-state index contributed by atoms with van der Waals surface area (Å²) in [7, 11) is -7.10. The van der Waals surface area contributed by atoms with Crippen LogP contribution in [0.5, 0.6) is 0 Å². The molecule has 1 fully saturated rings. The molecule has 0 saturated carbocycles. The van der Waals surface area contributed by atoms with Gasteiger partial charge in [0.2, 0.25) is 10.0 Å². The number of thioether (sulfide) groups is 1. The summed E-state index contributed by atoms with van der Waals surface area (Å²) in [5.74, 6) is 0.101. The minimum Gasteiger partial charge on any atom is -0.249 e. The molecule has 0 radical (unpaired) electrons. The third-order valence-electron chi connectivity index (χ3n) is 4.24. The van der Waals surface area contributed by atoms with Crippen molar-refractivity contribution in [2.45, 2.75) is 27.7 Å². The highest BCUT2D eigenvalue weighted by Crippen LogP contribution is 2.27. The lowest BCUT2D eigenvalue weighted by atomic mass is 10.4. The third kappa shape index (κ3) is 5.01. The van der Waals surface area contributed by atoms with E-state index in [1.807, 2.05) is 0 Å². The van der Waals surface area contributed by atoms with Crippen molar-refractivity contribution in [1.29, 1.82) is 0 Å². The fraction of sp³-hybridized carbons (Fsp3) is 0.353. The van der Waals surface area contributed by atoms with E-state index in [0.717, 1.165) is 12.8 Å². The lowest BCUT2D eigenvalue weighted by Gasteiger charge is -2.15. The Kier molecular flexibility index (Phi) is 6.94. The summed E-state index contributed by atoms with van der Waals surface area (Å²) in [5, 5.41) is 0.976. The van der Waals surface area contributed by atoms with Gasteiger partial charge < -0.3 is 0 Å². The van der Waals surface area contributed by atoms with Crippen LogP contribution in [0.2, 0.25) is 10.0 Å². The number of sulfone groups is 1. The standard InChI is InChI=1S/C17H18Cl2N2O4S3/c18-13-3-5-15(19)16(11-13)27(22,23)10-9-26-17-6-4-14(12-20-17)28(24,25)21-7-1-2-8-21/h3-6,11-12H,1-2,7-10H2. The van der Waals surface area contributed by atoms with Crippen LogP contribution in [0, 0.1) is 0 Å². The van der Waals surface area contributed by atoms with Gasteiger partial charge in [-0.05, 0) is 43.2 Å². The second-order valence-corrected chi connectivity index (χ2v) is 12.2. The van der Waals surface area contributed by atoms with E-state index in [-0.39, 0.29) is 26.3 Å². The maximum atomic E-state index is 12.5. The predicted octanol–water partition coefficient (Wildman–Crippen LogP) is 3.74. The van der Waals surface area contributed by atoms with Gasteiger partial charge in [0.15, 0.2) is 9.84 Å². The largest absolute Gasteiger partial charge is 0.249 e. The molecule has 0 aliphatic carbocycles. The number of hydrogen-bond acceptors (Lipinski definition) is 6. The maximum absolute atomic E-state index is 12.5. The van der Waals surface area contributed by atoms with Gasteiger partial charge in [0, 0.05) is 30.1 Å². The van der Waals surface area contributed by atoms with Crippen molar-refractivity contribution < 1.29 is 16.8 Å². The summed E-state index contributed by atoms with van der Waals surface area (Å²) in [4.78, 5) is 4.31. The SMILES string of the molecule is O=S(=O)(CCSc1ccc(S(=O)(=O)N2CCCC2)cn1)c1cc(Cl)ccc1Cl. The van der Waals surface area contributed by atoms with Gasteiger partial charge in [0.05, 0.1) is 20.7 Å². The first-order chi connectivity index (χ1) is 13.2. The summed E-state index contributed by atoms with van der Waals surface area (Å²) in [6.45, 7) is 1.06. The molecule has 3 rings (SSSR count). The summed E-state index contributed by atoms with van der Waals surface area (Å²) < 4.78 is 51.4. The van der Waals surface area contributed by atoms with Crippen LogP contribution < -0.4 is 0 Å². The third-order valence-corrected chi connectivity index (χ3v) is 9.75. The molecule has 2 aromatic rings. The highest BCUT2D eigenvalue weighted by atomic mass is 35.5. The molecule has 11 heteroatoms. The first-order valence-corrected chi connectivity index (χ1v) is 13.3. The average Bonchev–Trinajstić information content (AvgIpc) is 3.19. The molecule has 0 atom stereocenters. The molecular formula is C17H18Cl2N2O4S3. The Balaban J connectivity index is 1.63. The molecule has 1 aliphatic heterocycles. The Hall–Kier alpha value is -0.840. The lowest BCUT2D eigenvalue weighted by molar-refractivity contribution is 0.477.